The standard InChI is InChI=1S/C21H19N5O2/c1-3-17-15-10-12(4-7-14(15)21(28)24-23-17)16-11-22-25(2)20(16)18-8-5-13-6-9-19(27)26(13)18/h4-5,7-8,10-11H,3,6,9H2,1-2H3,(H,24,28). The Morgan fingerprint density at radius 3 is 2.79 bits per heavy atom. The van der Waals surface area contributed by atoms with E-state index in [9.17, 15) is 9.59 Å². The Morgan fingerprint density at radius 1 is 1.11 bits per heavy atom. The summed E-state index contributed by atoms with van der Waals surface area (Å²) in [6.45, 7) is 2.01. The molecule has 7 nitrogen and oxygen atoms in total. The summed E-state index contributed by atoms with van der Waals surface area (Å²) in [7, 11) is 1.88. The monoisotopic (exact) mass is 373 g/mol. The molecule has 7 heteroatoms. The van der Waals surface area contributed by atoms with E-state index in [0.29, 0.717) is 11.8 Å². The van der Waals surface area contributed by atoms with Crippen LogP contribution in [-0.2, 0) is 19.9 Å². The molecule has 0 unspecified atom stereocenters. The minimum absolute atomic E-state index is 0.115. The molecule has 3 aromatic heterocycles. The molecular weight excluding hydrogens is 354 g/mol. The third-order valence-electron chi connectivity index (χ3n) is 5.50. The number of benzene rings is 1. The van der Waals surface area contributed by atoms with Crippen LogP contribution >= 0.6 is 0 Å². The number of aryl methyl sites for hydroxylation is 3. The highest BCUT2D eigenvalue weighted by Gasteiger charge is 2.26. The molecule has 0 radical (unpaired) electrons. The Hall–Kier alpha value is -3.48. The van der Waals surface area contributed by atoms with Crippen LogP contribution in [0.25, 0.3) is 33.3 Å². The van der Waals surface area contributed by atoms with E-state index < -0.39 is 0 Å². The lowest BCUT2D eigenvalue weighted by Crippen LogP contribution is -2.10. The lowest BCUT2D eigenvalue weighted by molar-refractivity contribution is 0.0926. The van der Waals surface area contributed by atoms with Crippen LogP contribution in [0, 0.1) is 0 Å². The lowest BCUT2D eigenvalue weighted by atomic mass is 10.00. The van der Waals surface area contributed by atoms with E-state index in [-0.39, 0.29) is 11.5 Å². The zero-order chi connectivity index (χ0) is 19.4. The predicted molar refractivity (Wildman–Crippen MR) is 106 cm³/mol. The maximum atomic E-state index is 12.4. The van der Waals surface area contributed by atoms with E-state index in [0.717, 1.165) is 52.1 Å². The molecule has 0 bridgehead atoms. The van der Waals surface area contributed by atoms with Crippen molar-refractivity contribution >= 4 is 16.7 Å². The molecule has 0 amide bonds. The zero-order valence-electron chi connectivity index (χ0n) is 15.7. The van der Waals surface area contributed by atoms with Crippen LogP contribution < -0.4 is 5.56 Å². The molecule has 28 heavy (non-hydrogen) atoms. The molecule has 5 rings (SSSR count). The van der Waals surface area contributed by atoms with Gasteiger partial charge < -0.3 is 0 Å². The Labute approximate surface area is 160 Å². The average Bonchev–Trinajstić information content (AvgIpc) is 3.38. The normalized spacial score (nSPS) is 13.4. The minimum atomic E-state index is -0.194. The summed E-state index contributed by atoms with van der Waals surface area (Å²) in [5.41, 5.74) is 5.30. The topological polar surface area (TPSA) is 85.6 Å². The Kier molecular flexibility index (Phi) is 3.58. The highest BCUT2D eigenvalue weighted by Crippen LogP contribution is 2.35. The predicted octanol–water partition coefficient (Wildman–Crippen LogP) is 2.94. The summed E-state index contributed by atoms with van der Waals surface area (Å²) in [6, 6.07) is 9.74. The first kappa shape index (κ1) is 16.7. The maximum absolute atomic E-state index is 12.4. The fourth-order valence-corrected chi connectivity index (χ4v) is 4.11. The van der Waals surface area contributed by atoms with Crippen molar-refractivity contribution in [3.8, 4) is 22.5 Å². The number of H-pyrrole nitrogens is 1. The van der Waals surface area contributed by atoms with Crippen molar-refractivity contribution in [2.45, 2.75) is 26.2 Å². The summed E-state index contributed by atoms with van der Waals surface area (Å²) in [5.74, 6) is 0.115. The fourth-order valence-electron chi connectivity index (χ4n) is 4.11. The molecule has 0 saturated heterocycles. The number of hydrogen-bond donors (Lipinski definition) is 1. The first-order valence-electron chi connectivity index (χ1n) is 9.36. The van der Waals surface area contributed by atoms with E-state index in [1.165, 1.54) is 0 Å². The fraction of sp³-hybridized carbons (Fsp3) is 0.238. The van der Waals surface area contributed by atoms with Crippen molar-refractivity contribution in [3.05, 3.63) is 58.3 Å². The minimum Gasteiger partial charge on any atom is -0.283 e. The second kappa shape index (κ2) is 6.02. The van der Waals surface area contributed by atoms with Gasteiger partial charge in [-0.15, -0.1) is 0 Å². The van der Waals surface area contributed by atoms with Crippen molar-refractivity contribution in [1.82, 2.24) is 24.5 Å². The van der Waals surface area contributed by atoms with Gasteiger partial charge in [0.05, 0.1) is 28.7 Å². The number of aromatic nitrogens is 5. The molecule has 0 aliphatic carbocycles. The Bertz CT molecular complexity index is 1310. The second-order valence-corrected chi connectivity index (χ2v) is 7.08. The Morgan fingerprint density at radius 2 is 1.96 bits per heavy atom. The quantitative estimate of drug-likeness (QED) is 0.598. The van der Waals surface area contributed by atoms with E-state index in [2.05, 4.69) is 15.3 Å². The van der Waals surface area contributed by atoms with Gasteiger partial charge in [0.1, 0.15) is 0 Å². The van der Waals surface area contributed by atoms with Crippen molar-refractivity contribution in [2.75, 3.05) is 0 Å². The van der Waals surface area contributed by atoms with Crippen LogP contribution in [0.3, 0.4) is 0 Å². The van der Waals surface area contributed by atoms with Crippen LogP contribution in [0.2, 0.25) is 0 Å². The summed E-state index contributed by atoms with van der Waals surface area (Å²) in [5, 5.41) is 12.7. The van der Waals surface area contributed by atoms with Crippen LogP contribution in [0.1, 0.15) is 29.5 Å². The van der Waals surface area contributed by atoms with Gasteiger partial charge >= 0.3 is 0 Å². The van der Waals surface area contributed by atoms with Crippen LogP contribution in [0.5, 0.6) is 0 Å². The SMILES string of the molecule is CCc1n[nH]c(=O)c2ccc(-c3cnn(C)c3-c3ccc4n3C(=O)CC4)cc12. The van der Waals surface area contributed by atoms with Crippen LogP contribution in [0.15, 0.2) is 41.3 Å². The number of nitrogens with zero attached hydrogens (tertiary/aromatic N) is 4. The second-order valence-electron chi connectivity index (χ2n) is 7.08. The first-order valence-corrected chi connectivity index (χ1v) is 9.36. The largest absolute Gasteiger partial charge is 0.283 e. The van der Waals surface area contributed by atoms with Crippen molar-refractivity contribution < 1.29 is 4.79 Å². The molecule has 4 aromatic rings. The van der Waals surface area contributed by atoms with Crippen molar-refractivity contribution in [2.24, 2.45) is 7.05 Å². The molecule has 0 spiro atoms. The van der Waals surface area contributed by atoms with Gasteiger partial charge in [-0.25, -0.2) is 5.10 Å². The van der Waals surface area contributed by atoms with Gasteiger partial charge in [-0.3, -0.25) is 18.8 Å². The third-order valence-corrected chi connectivity index (χ3v) is 5.50. The Balaban J connectivity index is 1.75. The molecule has 1 N–H and O–H groups in total. The maximum Gasteiger partial charge on any atom is 0.272 e. The van der Waals surface area contributed by atoms with E-state index >= 15 is 0 Å². The summed E-state index contributed by atoms with van der Waals surface area (Å²) < 4.78 is 3.59. The number of nitrogens with one attached hydrogen (secondary N) is 1. The van der Waals surface area contributed by atoms with Crippen molar-refractivity contribution in [1.29, 1.82) is 0 Å². The summed E-state index contributed by atoms with van der Waals surface area (Å²) in [6.07, 6.45) is 3.84. The highest BCUT2D eigenvalue weighted by molar-refractivity contribution is 5.93. The van der Waals surface area contributed by atoms with E-state index in [1.807, 2.05) is 50.5 Å². The van der Waals surface area contributed by atoms with E-state index in [1.54, 1.807) is 9.25 Å². The number of carbonyl (C=O) groups excluding carboxylic acids is 1. The van der Waals surface area contributed by atoms with Crippen LogP contribution in [0.4, 0.5) is 0 Å². The molecule has 1 aromatic carbocycles. The molecule has 140 valence electrons. The number of carbonyl (C=O) groups is 1. The lowest BCUT2D eigenvalue weighted by Gasteiger charge is -2.10. The van der Waals surface area contributed by atoms with Crippen molar-refractivity contribution in [3.63, 3.8) is 0 Å². The number of hydrogen-bond acceptors (Lipinski definition) is 4. The number of fused-ring (bicyclic) bond motifs is 2. The summed E-state index contributed by atoms with van der Waals surface area (Å²) >= 11 is 0. The molecule has 1 aliphatic rings. The van der Waals surface area contributed by atoms with Crippen LogP contribution in [-0.4, -0.2) is 30.5 Å². The molecule has 1 aliphatic heterocycles. The molecular formula is C21H19N5O2. The smallest absolute Gasteiger partial charge is 0.272 e. The molecule has 4 heterocycles. The third kappa shape index (κ3) is 2.29. The van der Waals surface area contributed by atoms with Gasteiger partial charge in [0.25, 0.3) is 5.56 Å². The number of aromatic amines is 1. The van der Waals surface area contributed by atoms with Gasteiger partial charge in [-0.05, 0) is 42.7 Å². The number of rotatable bonds is 3. The first-order chi connectivity index (χ1) is 13.6. The molecule has 0 atom stereocenters. The zero-order valence-corrected chi connectivity index (χ0v) is 15.7. The van der Waals surface area contributed by atoms with Gasteiger partial charge in [-0.1, -0.05) is 13.0 Å². The van der Waals surface area contributed by atoms with Gasteiger partial charge in [0, 0.05) is 30.1 Å². The summed E-state index contributed by atoms with van der Waals surface area (Å²) in [4.78, 5) is 24.5. The average molecular weight is 373 g/mol. The molecule has 0 fully saturated rings. The highest BCUT2D eigenvalue weighted by atomic mass is 16.2. The van der Waals surface area contributed by atoms with E-state index in [4.69, 9.17) is 0 Å². The molecule has 0 saturated carbocycles. The van der Waals surface area contributed by atoms with Gasteiger partial charge in [0.15, 0.2) is 0 Å². The van der Waals surface area contributed by atoms with Gasteiger partial charge in [0.2, 0.25) is 5.91 Å². The van der Waals surface area contributed by atoms with Gasteiger partial charge in [-0.2, -0.15) is 10.2 Å².